The molecule has 1 N–H and O–H groups in total. The molecule has 118 valence electrons. The number of hydrogen-bond donors (Lipinski definition) is 1. The lowest BCUT2D eigenvalue weighted by atomic mass is 10.2. The summed E-state index contributed by atoms with van der Waals surface area (Å²) in [4.78, 5) is 16.2. The summed E-state index contributed by atoms with van der Waals surface area (Å²) in [7, 11) is 1.58. The first-order valence-corrected chi connectivity index (χ1v) is 6.89. The maximum atomic E-state index is 12.1. The molecule has 0 aromatic heterocycles. The molecule has 8 heteroatoms. The summed E-state index contributed by atoms with van der Waals surface area (Å²) in [5.74, 6) is 0.729. The molecule has 1 saturated heterocycles. The number of aliphatic hydroxyl groups is 1. The highest BCUT2D eigenvalue weighted by Crippen LogP contribution is 2.20. The minimum absolute atomic E-state index is 0.129. The normalized spacial score (nSPS) is 20.4. The second-order valence-electron chi connectivity index (χ2n) is 5.01. The summed E-state index contributed by atoms with van der Waals surface area (Å²) in [5.41, 5.74) is 9.20. The molecular weight excluding hydrogens is 288 g/mol. The van der Waals surface area contributed by atoms with Gasteiger partial charge in [0.1, 0.15) is 12.4 Å². The average Bonchev–Trinajstić information content (AvgIpc) is 2.92. The van der Waals surface area contributed by atoms with E-state index >= 15 is 0 Å². The Morgan fingerprint density at radius 2 is 2.23 bits per heavy atom. The second kappa shape index (κ2) is 7.53. The van der Waals surface area contributed by atoms with Crippen LogP contribution in [0.2, 0.25) is 0 Å². The molecule has 8 nitrogen and oxygen atoms in total. The van der Waals surface area contributed by atoms with E-state index < -0.39 is 12.2 Å². The number of amides is 1. The largest absolute Gasteiger partial charge is 0.497 e. The first-order chi connectivity index (χ1) is 10.6. The summed E-state index contributed by atoms with van der Waals surface area (Å²) in [5, 5.41) is 13.1. The molecule has 1 fully saturated rings. The van der Waals surface area contributed by atoms with Crippen molar-refractivity contribution in [3.63, 3.8) is 0 Å². The molecule has 0 radical (unpaired) electrons. The number of β-amino-alcohol motifs (C(OH)–C–C–N with tert-alkyl or cyclic N) is 1. The van der Waals surface area contributed by atoms with Crippen LogP contribution in [0.15, 0.2) is 29.4 Å². The summed E-state index contributed by atoms with van der Waals surface area (Å²) in [6.45, 7) is 0.446. The van der Waals surface area contributed by atoms with Crippen LogP contribution >= 0.6 is 0 Å². The molecule has 1 aliphatic heterocycles. The fourth-order valence-electron chi connectivity index (χ4n) is 2.37. The molecule has 0 bridgehead atoms. The fourth-order valence-corrected chi connectivity index (χ4v) is 2.37. The van der Waals surface area contributed by atoms with Crippen molar-refractivity contribution >= 4 is 6.09 Å². The zero-order valence-electron chi connectivity index (χ0n) is 12.3. The van der Waals surface area contributed by atoms with Crippen LogP contribution in [0.3, 0.4) is 0 Å². The monoisotopic (exact) mass is 306 g/mol. The van der Waals surface area contributed by atoms with E-state index in [1.54, 1.807) is 19.2 Å². The van der Waals surface area contributed by atoms with Crippen LogP contribution in [-0.4, -0.2) is 48.4 Å². The van der Waals surface area contributed by atoms with Gasteiger partial charge in [-0.1, -0.05) is 17.2 Å². The number of ether oxygens (including phenoxy) is 2. The first kappa shape index (κ1) is 15.9. The summed E-state index contributed by atoms with van der Waals surface area (Å²) < 4.78 is 10.3. The summed E-state index contributed by atoms with van der Waals surface area (Å²) >= 11 is 0. The van der Waals surface area contributed by atoms with E-state index in [1.165, 1.54) is 4.90 Å². The van der Waals surface area contributed by atoms with E-state index in [9.17, 15) is 9.90 Å². The molecule has 0 saturated carbocycles. The maximum absolute atomic E-state index is 12.1. The van der Waals surface area contributed by atoms with Gasteiger partial charge in [0.15, 0.2) is 0 Å². The van der Waals surface area contributed by atoms with E-state index in [1.807, 2.05) is 12.1 Å². The Morgan fingerprint density at radius 1 is 1.50 bits per heavy atom. The van der Waals surface area contributed by atoms with Crippen molar-refractivity contribution in [2.75, 3.05) is 20.2 Å². The minimum atomic E-state index is -0.618. The molecule has 1 aliphatic rings. The van der Waals surface area contributed by atoms with Crippen LogP contribution < -0.4 is 4.74 Å². The number of nitrogens with zero attached hydrogens (tertiary/aromatic N) is 4. The van der Waals surface area contributed by atoms with E-state index in [4.69, 9.17) is 15.0 Å². The van der Waals surface area contributed by atoms with Crippen molar-refractivity contribution in [2.24, 2.45) is 5.11 Å². The number of benzene rings is 1. The van der Waals surface area contributed by atoms with Gasteiger partial charge in [0.05, 0.1) is 19.8 Å². The van der Waals surface area contributed by atoms with Crippen LogP contribution in [-0.2, 0) is 11.3 Å². The Labute approximate surface area is 127 Å². The number of hydrogen-bond acceptors (Lipinski definition) is 5. The number of carbonyl (C=O) groups is 1. The average molecular weight is 306 g/mol. The molecular formula is C14H18N4O4. The summed E-state index contributed by atoms with van der Waals surface area (Å²) in [6.07, 6.45) is -0.755. The predicted octanol–water partition coefficient (Wildman–Crippen LogP) is 2.08. The van der Waals surface area contributed by atoms with Gasteiger partial charge in [0.25, 0.3) is 0 Å². The van der Waals surface area contributed by atoms with Crippen molar-refractivity contribution < 1.29 is 19.4 Å². The Morgan fingerprint density at radius 3 is 2.86 bits per heavy atom. The number of carbonyl (C=O) groups excluding carboxylic acids is 1. The smallest absolute Gasteiger partial charge is 0.410 e. The molecule has 1 aromatic carbocycles. The highest BCUT2D eigenvalue weighted by molar-refractivity contribution is 5.68. The standard InChI is InChI=1S/C14H18N4O4/c1-21-13-4-2-10(3-5-13)9-22-14(20)18-8-12(19)6-11(18)7-16-17-15/h2-5,11-12,19H,6-9H2,1H3/t11-,12+/m0/s1. The van der Waals surface area contributed by atoms with Gasteiger partial charge in [-0.25, -0.2) is 4.79 Å². The number of methoxy groups -OCH3 is 1. The Balaban J connectivity index is 1.90. The van der Waals surface area contributed by atoms with Gasteiger partial charge < -0.3 is 19.5 Å². The van der Waals surface area contributed by atoms with Gasteiger partial charge in [-0.05, 0) is 29.6 Å². The Bertz CT molecular complexity index is 556. The van der Waals surface area contributed by atoms with E-state index in [0.717, 1.165) is 11.3 Å². The molecule has 2 atom stereocenters. The third kappa shape index (κ3) is 4.03. The third-order valence-corrected chi connectivity index (χ3v) is 3.50. The highest BCUT2D eigenvalue weighted by Gasteiger charge is 2.34. The lowest BCUT2D eigenvalue weighted by molar-refractivity contribution is 0.0885. The van der Waals surface area contributed by atoms with Gasteiger partial charge >= 0.3 is 6.09 Å². The molecule has 22 heavy (non-hydrogen) atoms. The van der Waals surface area contributed by atoms with Crippen molar-refractivity contribution in [1.29, 1.82) is 0 Å². The highest BCUT2D eigenvalue weighted by atomic mass is 16.6. The lowest BCUT2D eigenvalue weighted by Gasteiger charge is -2.22. The van der Waals surface area contributed by atoms with Crippen LogP contribution in [0.25, 0.3) is 10.4 Å². The zero-order valence-corrected chi connectivity index (χ0v) is 12.3. The van der Waals surface area contributed by atoms with Crippen molar-refractivity contribution in [2.45, 2.75) is 25.2 Å². The SMILES string of the molecule is COc1ccc(COC(=O)N2C[C@H](O)C[C@H]2CN=[N+]=[N-])cc1. The fraction of sp³-hybridized carbons (Fsp3) is 0.500. The third-order valence-electron chi connectivity index (χ3n) is 3.50. The van der Waals surface area contributed by atoms with E-state index in [0.29, 0.717) is 6.42 Å². The van der Waals surface area contributed by atoms with Crippen LogP contribution in [0.5, 0.6) is 5.75 Å². The number of azide groups is 1. The molecule has 1 heterocycles. The lowest BCUT2D eigenvalue weighted by Crippen LogP contribution is -2.37. The van der Waals surface area contributed by atoms with E-state index in [-0.39, 0.29) is 25.7 Å². The Hall–Kier alpha value is -2.44. The van der Waals surface area contributed by atoms with Crippen molar-refractivity contribution in [1.82, 2.24) is 4.90 Å². The molecule has 0 unspecified atom stereocenters. The minimum Gasteiger partial charge on any atom is -0.497 e. The molecule has 2 rings (SSSR count). The zero-order chi connectivity index (χ0) is 15.9. The van der Waals surface area contributed by atoms with Crippen LogP contribution in [0.1, 0.15) is 12.0 Å². The quantitative estimate of drug-likeness (QED) is 0.510. The van der Waals surface area contributed by atoms with Gasteiger partial charge in [-0.3, -0.25) is 0 Å². The Kier molecular flexibility index (Phi) is 5.46. The summed E-state index contributed by atoms with van der Waals surface area (Å²) in [6, 6.07) is 6.86. The van der Waals surface area contributed by atoms with Gasteiger partial charge in [-0.2, -0.15) is 0 Å². The van der Waals surface area contributed by atoms with Gasteiger partial charge in [0, 0.05) is 17.5 Å². The molecule has 0 aliphatic carbocycles. The predicted molar refractivity (Wildman–Crippen MR) is 78.3 cm³/mol. The first-order valence-electron chi connectivity index (χ1n) is 6.89. The second-order valence-corrected chi connectivity index (χ2v) is 5.01. The molecule has 1 aromatic rings. The van der Waals surface area contributed by atoms with Crippen molar-refractivity contribution in [3.8, 4) is 5.75 Å². The number of aliphatic hydroxyl groups excluding tert-OH is 1. The molecule has 0 spiro atoms. The number of rotatable bonds is 5. The molecule has 1 amide bonds. The maximum Gasteiger partial charge on any atom is 0.410 e. The van der Waals surface area contributed by atoms with Gasteiger partial charge in [0.2, 0.25) is 0 Å². The van der Waals surface area contributed by atoms with Crippen molar-refractivity contribution in [3.05, 3.63) is 40.3 Å². The van der Waals surface area contributed by atoms with Gasteiger partial charge in [-0.15, -0.1) is 0 Å². The van der Waals surface area contributed by atoms with Crippen LogP contribution in [0.4, 0.5) is 4.79 Å². The van der Waals surface area contributed by atoms with Crippen LogP contribution in [0, 0.1) is 0 Å². The number of likely N-dealkylation sites (tertiary alicyclic amines) is 1. The topological polar surface area (TPSA) is 108 Å². The van der Waals surface area contributed by atoms with E-state index in [2.05, 4.69) is 10.0 Å².